The number of rotatable bonds is 5. The summed E-state index contributed by atoms with van der Waals surface area (Å²) in [7, 11) is 0. The van der Waals surface area contributed by atoms with Crippen molar-refractivity contribution in [2.75, 3.05) is 6.61 Å². The molecule has 0 rings (SSSR count). The van der Waals surface area contributed by atoms with Gasteiger partial charge in [0.15, 0.2) is 0 Å². The van der Waals surface area contributed by atoms with Crippen LogP contribution >= 0.6 is 0 Å². The lowest BCUT2D eigenvalue weighted by Crippen LogP contribution is -2.09. The summed E-state index contributed by atoms with van der Waals surface area (Å²) in [6.07, 6.45) is 3.22. The summed E-state index contributed by atoms with van der Waals surface area (Å²) in [5.41, 5.74) is 0. The van der Waals surface area contributed by atoms with E-state index in [4.69, 9.17) is 4.74 Å². The SMILES string of the molecule is CCCC(=O)OC(=O)C=COCC. The minimum atomic E-state index is -0.688. The van der Waals surface area contributed by atoms with Crippen LogP contribution in [0.15, 0.2) is 12.3 Å². The first kappa shape index (κ1) is 11.7. The molecular weight excluding hydrogens is 172 g/mol. The van der Waals surface area contributed by atoms with Crippen molar-refractivity contribution in [3.63, 3.8) is 0 Å². The van der Waals surface area contributed by atoms with Crippen molar-refractivity contribution in [1.29, 1.82) is 0 Å². The first-order valence-electron chi connectivity index (χ1n) is 4.23. The maximum absolute atomic E-state index is 10.8. The van der Waals surface area contributed by atoms with Crippen molar-refractivity contribution in [3.05, 3.63) is 12.3 Å². The minimum absolute atomic E-state index is 0.258. The average molecular weight is 186 g/mol. The van der Waals surface area contributed by atoms with Gasteiger partial charge < -0.3 is 9.47 Å². The van der Waals surface area contributed by atoms with Gasteiger partial charge in [0, 0.05) is 6.42 Å². The third kappa shape index (κ3) is 7.05. The van der Waals surface area contributed by atoms with Gasteiger partial charge in [-0.05, 0) is 13.3 Å². The molecule has 0 aliphatic rings. The predicted molar refractivity (Wildman–Crippen MR) is 46.8 cm³/mol. The Morgan fingerprint density at radius 1 is 1.31 bits per heavy atom. The molecule has 0 aromatic carbocycles. The Kier molecular flexibility index (Phi) is 6.59. The van der Waals surface area contributed by atoms with Crippen molar-refractivity contribution in [3.8, 4) is 0 Å². The van der Waals surface area contributed by atoms with Gasteiger partial charge in [-0.25, -0.2) is 4.79 Å². The number of carbonyl (C=O) groups excluding carboxylic acids is 2. The molecule has 0 saturated heterocycles. The topological polar surface area (TPSA) is 52.6 Å². The minimum Gasteiger partial charge on any atom is -0.501 e. The van der Waals surface area contributed by atoms with E-state index in [1.54, 1.807) is 6.92 Å². The van der Waals surface area contributed by atoms with Gasteiger partial charge in [-0.1, -0.05) is 6.92 Å². The van der Waals surface area contributed by atoms with Crippen LogP contribution < -0.4 is 0 Å². The number of hydrogen-bond donors (Lipinski definition) is 0. The standard InChI is InChI=1S/C9H14O4/c1-3-5-8(10)13-9(11)6-7-12-4-2/h6-7H,3-5H2,1-2H3. The molecule has 0 radical (unpaired) electrons. The van der Waals surface area contributed by atoms with Crippen LogP contribution in [-0.4, -0.2) is 18.5 Å². The summed E-state index contributed by atoms with van der Waals surface area (Å²) in [6.45, 7) is 4.10. The molecule has 0 saturated carbocycles. The summed E-state index contributed by atoms with van der Waals surface area (Å²) < 4.78 is 9.15. The summed E-state index contributed by atoms with van der Waals surface area (Å²) in [5, 5.41) is 0. The maximum atomic E-state index is 10.8. The molecule has 0 heterocycles. The average Bonchev–Trinajstić information content (AvgIpc) is 2.05. The van der Waals surface area contributed by atoms with Gasteiger partial charge in [-0.15, -0.1) is 0 Å². The number of carbonyl (C=O) groups is 2. The van der Waals surface area contributed by atoms with Crippen LogP contribution in [0.25, 0.3) is 0 Å². The van der Waals surface area contributed by atoms with Crippen LogP contribution in [-0.2, 0) is 19.1 Å². The van der Waals surface area contributed by atoms with Gasteiger partial charge >= 0.3 is 11.9 Å². The molecule has 0 amide bonds. The summed E-state index contributed by atoms with van der Waals surface area (Å²) >= 11 is 0. The van der Waals surface area contributed by atoms with E-state index in [1.807, 2.05) is 6.92 Å². The van der Waals surface area contributed by atoms with Crippen molar-refractivity contribution < 1.29 is 19.1 Å². The fourth-order valence-corrected chi connectivity index (χ4v) is 0.601. The predicted octanol–water partition coefficient (Wildman–Crippen LogP) is 1.41. The van der Waals surface area contributed by atoms with Gasteiger partial charge in [-0.3, -0.25) is 4.79 Å². The second kappa shape index (κ2) is 7.34. The van der Waals surface area contributed by atoms with Crippen LogP contribution in [0.3, 0.4) is 0 Å². The summed E-state index contributed by atoms with van der Waals surface area (Å²) in [4.78, 5) is 21.6. The van der Waals surface area contributed by atoms with Crippen molar-refractivity contribution in [1.82, 2.24) is 0 Å². The highest BCUT2D eigenvalue weighted by Gasteiger charge is 2.05. The zero-order valence-electron chi connectivity index (χ0n) is 7.91. The van der Waals surface area contributed by atoms with Gasteiger partial charge in [-0.2, -0.15) is 0 Å². The fourth-order valence-electron chi connectivity index (χ4n) is 0.601. The lowest BCUT2D eigenvalue weighted by Gasteiger charge is -1.97. The van der Waals surface area contributed by atoms with E-state index >= 15 is 0 Å². The zero-order valence-corrected chi connectivity index (χ0v) is 7.91. The molecule has 74 valence electrons. The van der Waals surface area contributed by atoms with Gasteiger partial charge in [0.05, 0.1) is 18.9 Å². The normalized spacial score (nSPS) is 10.0. The summed E-state index contributed by atoms with van der Waals surface area (Å²) in [5.74, 6) is -1.19. The van der Waals surface area contributed by atoms with E-state index in [2.05, 4.69) is 4.74 Å². The van der Waals surface area contributed by atoms with E-state index in [9.17, 15) is 9.59 Å². The highest BCUT2D eigenvalue weighted by Crippen LogP contribution is 1.92. The number of hydrogen-bond acceptors (Lipinski definition) is 4. The van der Waals surface area contributed by atoms with E-state index < -0.39 is 11.9 Å². The Bertz CT molecular complexity index is 196. The zero-order chi connectivity index (χ0) is 10.1. The molecule has 0 unspecified atom stereocenters. The van der Waals surface area contributed by atoms with E-state index in [-0.39, 0.29) is 6.42 Å². The Morgan fingerprint density at radius 3 is 2.54 bits per heavy atom. The Balaban J connectivity index is 3.67. The Labute approximate surface area is 77.5 Å². The van der Waals surface area contributed by atoms with Crippen LogP contribution in [0.4, 0.5) is 0 Å². The van der Waals surface area contributed by atoms with Crippen LogP contribution in [0.2, 0.25) is 0 Å². The molecule has 0 fully saturated rings. The molecular formula is C9H14O4. The number of esters is 2. The molecule has 0 bridgehead atoms. The third-order valence-corrected chi connectivity index (χ3v) is 1.14. The van der Waals surface area contributed by atoms with Gasteiger partial charge in [0.25, 0.3) is 0 Å². The highest BCUT2D eigenvalue weighted by molar-refractivity contribution is 5.91. The van der Waals surface area contributed by atoms with E-state index in [0.717, 1.165) is 6.08 Å². The van der Waals surface area contributed by atoms with Crippen LogP contribution in [0.5, 0.6) is 0 Å². The second-order valence-electron chi connectivity index (χ2n) is 2.30. The Morgan fingerprint density at radius 2 is 2.00 bits per heavy atom. The van der Waals surface area contributed by atoms with Gasteiger partial charge in [0.1, 0.15) is 0 Å². The van der Waals surface area contributed by atoms with Crippen molar-refractivity contribution in [2.45, 2.75) is 26.7 Å². The largest absolute Gasteiger partial charge is 0.501 e. The first-order valence-corrected chi connectivity index (χ1v) is 4.23. The molecule has 0 aromatic heterocycles. The Hall–Kier alpha value is -1.32. The molecule has 4 nitrogen and oxygen atoms in total. The molecule has 0 N–H and O–H groups in total. The van der Waals surface area contributed by atoms with E-state index in [0.29, 0.717) is 13.0 Å². The third-order valence-electron chi connectivity index (χ3n) is 1.14. The molecule has 0 aliphatic carbocycles. The molecule has 13 heavy (non-hydrogen) atoms. The summed E-state index contributed by atoms with van der Waals surface area (Å²) in [6, 6.07) is 0. The maximum Gasteiger partial charge on any atom is 0.341 e. The smallest absolute Gasteiger partial charge is 0.341 e. The molecule has 0 atom stereocenters. The molecule has 0 aromatic rings. The van der Waals surface area contributed by atoms with Crippen molar-refractivity contribution in [2.24, 2.45) is 0 Å². The molecule has 4 heteroatoms. The van der Waals surface area contributed by atoms with Gasteiger partial charge in [0.2, 0.25) is 0 Å². The van der Waals surface area contributed by atoms with Crippen LogP contribution in [0.1, 0.15) is 26.7 Å². The van der Waals surface area contributed by atoms with Crippen LogP contribution in [0, 0.1) is 0 Å². The highest BCUT2D eigenvalue weighted by atomic mass is 16.6. The first-order chi connectivity index (χ1) is 6.20. The lowest BCUT2D eigenvalue weighted by atomic mass is 10.3. The quantitative estimate of drug-likeness (QED) is 0.282. The van der Waals surface area contributed by atoms with E-state index in [1.165, 1.54) is 6.26 Å². The number of ether oxygens (including phenoxy) is 2. The molecule has 0 aliphatic heterocycles. The fraction of sp³-hybridized carbons (Fsp3) is 0.556. The lowest BCUT2D eigenvalue weighted by molar-refractivity contribution is -0.156. The monoisotopic (exact) mass is 186 g/mol. The molecule has 0 spiro atoms. The second-order valence-corrected chi connectivity index (χ2v) is 2.30. The van der Waals surface area contributed by atoms with Crippen molar-refractivity contribution >= 4 is 11.9 Å².